The number of carbonyl (C=O) groups is 2. The van der Waals surface area contributed by atoms with E-state index in [9.17, 15) is 14.0 Å². The maximum absolute atomic E-state index is 12.9. The van der Waals surface area contributed by atoms with Gasteiger partial charge in [0.05, 0.1) is 6.42 Å². The molecule has 1 atom stereocenters. The molecule has 1 amide bonds. The number of hydrogen-bond donors (Lipinski definition) is 2. The smallest absolute Gasteiger partial charge is 0.329 e. The van der Waals surface area contributed by atoms with E-state index in [0.29, 0.717) is 5.56 Å². The van der Waals surface area contributed by atoms with E-state index in [1.165, 1.54) is 25.1 Å². The van der Waals surface area contributed by atoms with Gasteiger partial charge in [-0.25, -0.2) is 9.18 Å². The van der Waals surface area contributed by atoms with Crippen molar-refractivity contribution in [1.29, 1.82) is 0 Å². The largest absolute Gasteiger partial charge is 0.480 e. The topological polar surface area (TPSA) is 66.4 Å². The maximum Gasteiger partial charge on any atom is 0.329 e. The van der Waals surface area contributed by atoms with E-state index < -0.39 is 23.2 Å². The van der Waals surface area contributed by atoms with Crippen molar-refractivity contribution in [3.05, 3.63) is 35.6 Å². The van der Waals surface area contributed by atoms with Gasteiger partial charge in [0.1, 0.15) is 11.4 Å². The van der Waals surface area contributed by atoms with Gasteiger partial charge in [0.15, 0.2) is 0 Å². The van der Waals surface area contributed by atoms with Crippen molar-refractivity contribution in [3.8, 4) is 0 Å². The lowest BCUT2D eigenvalue weighted by Gasteiger charge is -2.24. The second-order valence-electron chi connectivity index (χ2n) is 4.35. The molecule has 0 saturated carbocycles. The first-order chi connectivity index (χ1) is 8.37. The molecule has 2 N–H and O–H groups in total. The van der Waals surface area contributed by atoms with Crippen molar-refractivity contribution in [2.24, 2.45) is 0 Å². The van der Waals surface area contributed by atoms with Crippen LogP contribution in [0.2, 0.25) is 0 Å². The standard InChI is InChI=1S/C13H16FNO3/c1-3-13(2,12(17)18)15-11(16)8-9-5-4-6-10(14)7-9/h4-7H,3,8H2,1-2H3,(H,15,16)(H,17,18). The van der Waals surface area contributed by atoms with E-state index in [1.54, 1.807) is 13.0 Å². The molecule has 1 rings (SSSR count). The molecular formula is C13H16FNO3. The summed E-state index contributed by atoms with van der Waals surface area (Å²) >= 11 is 0. The predicted molar refractivity (Wildman–Crippen MR) is 64.6 cm³/mol. The number of aliphatic carboxylic acids is 1. The van der Waals surface area contributed by atoms with Gasteiger partial charge in [-0.05, 0) is 31.0 Å². The molecule has 0 fully saturated rings. The fourth-order valence-corrected chi connectivity index (χ4v) is 1.48. The second-order valence-corrected chi connectivity index (χ2v) is 4.35. The number of amides is 1. The molecule has 0 spiro atoms. The van der Waals surface area contributed by atoms with E-state index in [1.807, 2.05) is 0 Å². The number of carboxylic acid groups (broad SMARTS) is 1. The molecule has 0 saturated heterocycles. The summed E-state index contributed by atoms with van der Waals surface area (Å²) in [6, 6.07) is 5.67. The lowest BCUT2D eigenvalue weighted by Crippen LogP contribution is -2.52. The molecule has 1 aromatic carbocycles. The highest BCUT2D eigenvalue weighted by atomic mass is 19.1. The summed E-state index contributed by atoms with van der Waals surface area (Å²) in [6.07, 6.45) is 0.234. The van der Waals surface area contributed by atoms with Crippen LogP contribution in [0.5, 0.6) is 0 Å². The lowest BCUT2D eigenvalue weighted by molar-refractivity contribution is -0.146. The summed E-state index contributed by atoms with van der Waals surface area (Å²) in [5.74, 6) is -1.94. The Kier molecular flexibility index (Phi) is 4.42. The first kappa shape index (κ1) is 14.2. The van der Waals surface area contributed by atoms with Crippen LogP contribution >= 0.6 is 0 Å². The Morgan fingerprint density at radius 3 is 2.61 bits per heavy atom. The Hall–Kier alpha value is -1.91. The summed E-state index contributed by atoms with van der Waals surface area (Å²) in [5, 5.41) is 11.5. The van der Waals surface area contributed by atoms with Crippen LogP contribution < -0.4 is 5.32 Å². The third-order valence-electron chi connectivity index (χ3n) is 2.85. The van der Waals surface area contributed by atoms with E-state index in [0.717, 1.165) is 0 Å². The van der Waals surface area contributed by atoms with Crippen molar-refractivity contribution >= 4 is 11.9 Å². The Bertz CT molecular complexity index is 461. The molecule has 0 aliphatic heterocycles. The molecule has 18 heavy (non-hydrogen) atoms. The molecule has 1 aromatic rings. The number of nitrogens with one attached hydrogen (secondary N) is 1. The molecule has 0 aliphatic rings. The zero-order chi connectivity index (χ0) is 13.8. The number of carbonyl (C=O) groups excluding carboxylic acids is 1. The third kappa shape index (κ3) is 3.55. The molecule has 0 aromatic heterocycles. The average Bonchev–Trinajstić information content (AvgIpc) is 2.28. The van der Waals surface area contributed by atoms with Crippen LogP contribution in [0.25, 0.3) is 0 Å². The molecule has 5 heteroatoms. The van der Waals surface area contributed by atoms with Crippen molar-refractivity contribution in [2.45, 2.75) is 32.2 Å². The lowest BCUT2D eigenvalue weighted by atomic mass is 9.98. The van der Waals surface area contributed by atoms with Crippen LogP contribution in [0.3, 0.4) is 0 Å². The zero-order valence-electron chi connectivity index (χ0n) is 10.4. The monoisotopic (exact) mass is 253 g/mol. The van der Waals surface area contributed by atoms with Gasteiger partial charge in [-0.1, -0.05) is 19.1 Å². The van der Waals surface area contributed by atoms with E-state index in [-0.39, 0.29) is 12.8 Å². The van der Waals surface area contributed by atoms with Gasteiger partial charge in [-0.3, -0.25) is 4.79 Å². The number of hydrogen-bond acceptors (Lipinski definition) is 2. The Morgan fingerprint density at radius 1 is 1.44 bits per heavy atom. The van der Waals surface area contributed by atoms with Gasteiger partial charge in [0.25, 0.3) is 0 Å². The van der Waals surface area contributed by atoms with E-state index in [2.05, 4.69) is 5.32 Å². The Labute approximate surface area is 105 Å². The van der Waals surface area contributed by atoms with Crippen LogP contribution in [0.1, 0.15) is 25.8 Å². The molecule has 0 bridgehead atoms. The van der Waals surface area contributed by atoms with Crippen molar-refractivity contribution in [2.75, 3.05) is 0 Å². The van der Waals surface area contributed by atoms with Crippen LogP contribution in [-0.2, 0) is 16.0 Å². The summed E-state index contributed by atoms with van der Waals surface area (Å²) < 4.78 is 12.9. The molecule has 0 heterocycles. The van der Waals surface area contributed by atoms with Crippen molar-refractivity contribution < 1.29 is 19.1 Å². The highest BCUT2D eigenvalue weighted by molar-refractivity contribution is 5.87. The SMILES string of the molecule is CCC(C)(NC(=O)Cc1cccc(F)c1)C(=O)O. The first-order valence-electron chi connectivity index (χ1n) is 5.66. The average molecular weight is 253 g/mol. The summed E-state index contributed by atoms with van der Waals surface area (Å²) in [4.78, 5) is 22.7. The molecule has 4 nitrogen and oxygen atoms in total. The van der Waals surface area contributed by atoms with Gasteiger partial charge < -0.3 is 10.4 Å². The highest BCUT2D eigenvalue weighted by Crippen LogP contribution is 2.10. The van der Waals surface area contributed by atoms with Gasteiger partial charge >= 0.3 is 5.97 Å². The fourth-order valence-electron chi connectivity index (χ4n) is 1.48. The van der Waals surface area contributed by atoms with Crippen LogP contribution in [-0.4, -0.2) is 22.5 Å². The molecule has 0 radical (unpaired) electrons. The predicted octanol–water partition coefficient (Wildman–Crippen LogP) is 1.74. The summed E-state index contributed by atoms with van der Waals surface area (Å²) in [6.45, 7) is 3.12. The highest BCUT2D eigenvalue weighted by Gasteiger charge is 2.32. The summed E-state index contributed by atoms with van der Waals surface area (Å²) in [5.41, 5.74) is -0.777. The fraction of sp³-hybridized carbons (Fsp3) is 0.385. The third-order valence-corrected chi connectivity index (χ3v) is 2.85. The minimum Gasteiger partial charge on any atom is -0.480 e. The van der Waals surface area contributed by atoms with E-state index in [4.69, 9.17) is 5.11 Å². The Morgan fingerprint density at radius 2 is 2.11 bits per heavy atom. The number of halogens is 1. The Balaban J connectivity index is 2.70. The van der Waals surface area contributed by atoms with Gasteiger partial charge in [-0.15, -0.1) is 0 Å². The quantitative estimate of drug-likeness (QED) is 0.840. The maximum atomic E-state index is 12.9. The molecule has 1 unspecified atom stereocenters. The van der Waals surface area contributed by atoms with Gasteiger partial charge in [0, 0.05) is 0 Å². The van der Waals surface area contributed by atoms with Gasteiger partial charge in [0.2, 0.25) is 5.91 Å². The van der Waals surface area contributed by atoms with Crippen LogP contribution in [0.15, 0.2) is 24.3 Å². The van der Waals surface area contributed by atoms with Crippen LogP contribution in [0.4, 0.5) is 4.39 Å². The van der Waals surface area contributed by atoms with Crippen LogP contribution in [0, 0.1) is 5.82 Å². The normalized spacial score (nSPS) is 13.7. The number of benzene rings is 1. The summed E-state index contributed by atoms with van der Waals surface area (Å²) in [7, 11) is 0. The molecule has 98 valence electrons. The zero-order valence-corrected chi connectivity index (χ0v) is 10.4. The van der Waals surface area contributed by atoms with Gasteiger partial charge in [-0.2, -0.15) is 0 Å². The second kappa shape index (κ2) is 5.62. The first-order valence-corrected chi connectivity index (χ1v) is 5.66. The molecule has 0 aliphatic carbocycles. The minimum absolute atomic E-state index is 0.0410. The van der Waals surface area contributed by atoms with Crippen molar-refractivity contribution in [3.63, 3.8) is 0 Å². The minimum atomic E-state index is -1.29. The molecular weight excluding hydrogens is 237 g/mol. The van der Waals surface area contributed by atoms with E-state index >= 15 is 0 Å². The number of carboxylic acids is 1. The van der Waals surface area contributed by atoms with Crippen molar-refractivity contribution in [1.82, 2.24) is 5.32 Å². The number of rotatable bonds is 5.